The van der Waals surface area contributed by atoms with Gasteiger partial charge in [0.05, 0.1) is 12.1 Å². The fourth-order valence-corrected chi connectivity index (χ4v) is 1.71. The SMILES string of the molecule is CC(C)=CCC/C(C)=C\C(=O)CC(C)C(C#N)C#N. The van der Waals surface area contributed by atoms with E-state index in [4.69, 9.17) is 10.5 Å². The molecule has 1 atom stereocenters. The minimum absolute atomic E-state index is 0.00213. The molecule has 1 unspecified atom stereocenters. The van der Waals surface area contributed by atoms with Gasteiger partial charge >= 0.3 is 0 Å². The van der Waals surface area contributed by atoms with Crippen LogP contribution < -0.4 is 0 Å². The van der Waals surface area contributed by atoms with Gasteiger partial charge in [0.2, 0.25) is 0 Å². The van der Waals surface area contributed by atoms with E-state index in [9.17, 15) is 4.79 Å². The second-order valence-corrected chi connectivity index (χ2v) is 5.19. The van der Waals surface area contributed by atoms with Crippen molar-refractivity contribution in [1.29, 1.82) is 10.5 Å². The van der Waals surface area contributed by atoms with Gasteiger partial charge in [-0.2, -0.15) is 10.5 Å². The Balaban J connectivity index is 4.34. The maximum atomic E-state index is 11.8. The highest BCUT2D eigenvalue weighted by atomic mass is 16.1. The second-order valence-electron chi connectivity index (χ2n) is 5.19. The predicted molar refractivity (Wildman–Crippen MR) is 75.9 cm³/mol. The number of ketones is 1. The number of hydrogen-bond acceptors (Lipinski definition) is 3. The fraction of sp³-hybridized carbons (Fsp3) is 0.562. The second kappa shape index (κ2) is 9.11. The average molecular weight is 258 g/mol. The molecule has 102 valence electrons. The first-order valence-electron chi connectivity index (χ1n) is 6.53. The Kier molecular flexibility index (Phi) is 8.22. The molecule has 0 heterocycles. The summed E-state index contributed by atoms with van der Waals surface area (Å²) < 4.78 is 0. The molecule has 0 aromatic rings. The zero-order valence-electron chi connectivity index (χ0n) is 12.2. The zero-order valence-corrected chi connectivity index (χ0v) is 12.2. The molecule has 3 heteroatoms. The zero-order chi connectivity index (χ0) is 14.8. The first-order chi connectivity index (χ1) is 8.90. The van der Waals surface area contributed by atoms with Crippen molar-refractivity contribution in [3.63, 3.8) is 0 Å². The van der Waals surface area contributed by atoms with E-state index in [0.717, 1.165) is 18.4 Å². The van der Waals surface area contributed by atoms with Gasteiger partial charge in [-0.1, -0.05) is 24.1 Å². The molecule has 3 nitrogen and oxygen atoms in total. The van der Waals surface area contributed by atoms with Crippen LogP contribution in [0.4, 0.5) is 0 Å². The van der Waals surface area contributed by atoms with Gasteiger partial charge in [-0.05, 0) is 45.6 Å². The maximum absolute atomic E-state index is 11.8. The molecule has 0 aliphatic carbocycles. The lowest BCUT2D eigenvalue weighted by molar-refractivity contribution is -0.115. The summed E-state index contributed by atoms with van der Waals surface area (Å²) in [7, 11) is 0. The van der Waals surface area contributed by atoms with E-state index in [1.165, 1.54) is 5.57 Å². The lowest BCUT2D eigenvalue weighted by Gasteiger charge is -2.09. The van der Waals surface area contributed by atoms with Crippen molar-refractivity contribution in [3.8, 4) is 12.1 Å². The molecule has 0 aromatic heterocycles. The largest absolute Gasteiger partial charge is 0.295 e. The minimum atomic E-state index is -0.705. The molecule has 0 saturated carbocycles. The highest BCUT2D eigenvalue weighted by Gasteiger charge is 2.18. The van der Waals surface area contributed by atoms with Gasteiger partial charge in [-0.15, -0.1) is 0 Å². The molecule has 0 aliphatic rings. The molecule has 0 radical (unpaired) electrons. The number of nitrogens with zero attached hydrogens (tertiary/aromatic N) is 2. The molecule has 0 bridgehead atoms. The third kappa shape index (κ3) is 7.95. The van der Waals surface area contributed by atoms with Gasteiger partial charge in [0, 0.05) is 6.42 Å². The van der Waals surface area contributed by atoms with Crippen molar-refractivity contribution in [2.45, 2.75) is 47.0 Å². The molecule has 0 aliphatic heterocycles. The molecular weight excluding hydrogens is 236 g/mol. The Morgan fingerprint density at radius 1 is 1.21 bits per heavy atom. The van der Waals surface area contributed by atoms with Gasteiger partial charge in [-0.25, -0.2) is 0 Å². The van der Waals surface area contributed by atoms with Gasteiger partial charge in [0.25, 0.3) is 0 Å². The number of carbonyl (C=O) groups is 1. The summed E-state index contributed by atoms with van der Waals surface area (Å²) in [5.74, 6) is -0.926. The van der Waals surface area contributed by atoms with Crippen LogP contribution in [0.3, 0.4) is 0 Å². The molecule has 19 heavy (non-hydrogen) atoms. The highest BCUT2D eigenvalue weighted by molar-refractivity contribution is 5.90. The van der Waals surface area contributed by atoms with E-state index in [1.54, 1.807) is 13.0 Å². The van der Waals surface area contributed by atoms with Crippen LogP contribution in [0.2, 0.25) is 0 Å². The Morgan fingerprint density at radius 3 is 2.26 bits per heavy atom. The van der Waals surface area contributed by atoms with Crippen LogP contribution in [0.25, 0.3) is 0 Å². The lowest BCUT2D eigenvalue weighted by atomic mass is 9.91. The monoisotopic (exact) mass is 258 g/mol. The number of carbonyl (C=O) groups excluding carboxylic acids is 1. The van der Waals surface area contributed by atoms with Crippen molar-refractivity contribution in [2.24, 2.45) is 11.8 Å². The number of nitriles is 2. The third-order valence-corrected chi connectivity index (χ3v) is 2.87. The predicted octanol–water partition coefficient (Wildman–Crippen LogP) is 3.94. The highest BCUT2D eigenvalue weighted by Crippen LogP contribution is 2.16. The van der Waals surface area contributed by atoms with E-state index >= 15 is 0 Å². The normalized spacial score (nSPS) is 12.5. The molecule has 0 saturated heterocycles. The first-order valence-corrected chi connectivity index (χ1v) is 6.53. The number of rotatable bonds is 7. The smallest absolute Gasteiger partial charge is 0.155 e. The van der Waals surface area contributed by atoms with Crippen LogP contribution in [0.1, 0.15) is 47.0 Å². The standard InChI is InChI=1S/C16H22N2O/c1-12(2)6-5-7-13(3)8-16(19)9-14(4)15(10-17)11-18/h6,8,14-15H,5,7,9H2,1-4H3/b13-8-. The van der Waals surface area contributed by atoms with E-state index in [2.05, 4.69) is 19.9 Å². The minimum Gasteiger partial charge on any atom is -0.295 e. The van der Waals surface area contributed by atoms with E-state index < -0.39 is 5.92 Å². The molecule has 0 aromatic carbocycles. The summed E-state index contributed by atoms with van der Waals surface area (Å²) in [6.07, 6.45) is 5.84. The Hall–Kier alpha value is -1.87. The van der Waals surface area contributed by atoms with Crippen molar-refractivity contribution < 1.29 is 4.79 Å². The third-order valence-electron chi connectivity index (χ3n) is 2.87. The van der Waals surface area contributed by atoms with Crippen LogP contribution in [-0.2, 0) is 4.79 Å². The molecule has 0 N–H and O–H groups in total. The van der Waals surface area contributed by atoms with Gasteiger partial charge in [-0.3, -0.25) is 4.79 Å². The summed E-state index contributed by atoms with van der Waals surface area (Å²) in [4.78, 5) is 11.8. The average Bonchev–Trinajstić information content (AvgIpc) is 2.29. The first kappa shape index (κ1) is 17.1. The summed E-state index contributed by atoms with van der Waals surface area (Å²) in [6.45, 7) is 7.81. The van der Waals surface area contributed by atoms with Crippen LogP contribution in [-0.4, -0.2) is 5.78 Å². The van der Waals surface area contributed by atoms with Crippen LogP contribution in [0.5, 0.6) is 0 Å². The molecular formula is C16H22N2O. The van der Waals surface area contributed by atoms with Gasteiger partial charge in [0.15, 0.2) is 5.78 Å². The summed E-state index contributed by atoms with van der Waals surface area (Å²) in [5.41, 5.74) is 2.32. The topological polar surface area (TPSA) is 64.7 Å². The van der Waals surface area contributed by atoms with Crippen LogP contribution >= 0.6 is 0 Å². The molecule has 0 fully saturated rings. The Labute approximate surface area is 116 Å². The van der Waals surface area contributed by atoms with Crippen LogP contribution in [0, 0.1) is 34.5 Å². The molecule has 0 amide bonds. The van der Waals surface area contributed by atoms with E-state index in [1.807, 2.05) is 19.1 Å². The number of hydrogen-bond donors (Lipinski definition) is 0. The van der Waals surface area contributed by atoms with Crippen LogP contribution in [0.15, 0.2) is 23.3 Å². The van der Waals surface area contributed by atoms with Gasteiger partial charge in [0.1, 0.15) is 5.92 Å². The van der Waals surface area contributed by atoms with Gasteiger partial charge < -0.3 is 0 Å². The quantitative estimate of drug-likeness (QED) is 0.513. The maximum Gasteiger partial charge on any atom is 0.155 e. The van der Waals surface area contributed by atoms with Crippen molar-refractivity contribution in [1.82, 2.24) is 0 Å². The van der Waals surface area contributed by atoms with Crippen molar-refractivity contribution in [3.05, 3.63) is 23.3 Å². The van der Waals surface area contributed by atoms with Crippen molar-refractivity contribution >= 4 is 5.78 Å². The Morgan fingerprint density at radius 2 is 1.79 bits per heavy atom. The molecule has 0 rings (SSSR count). The Bertz CT molecular complexity index is 428. The number of allylic oxidation sites excluding steroid dienone is 4. The summed E-state index contributed by atoms with van der Waals surface area (Å²) in [6, 6.07) is 3.83. The fourth-order valence-electron chi connectivity index (χ4n) is 1.71. The summed E-state index contributed by atoms with van der Waals surface area (Å²) in [5, 5.41) is 17.5. The van der Waals surface area contributed by atoms with E-state index in [0.29, 0.717) is 0 Å². The van der Waals surface area contributed by atoms with Crippen molar-refractivity contribution in [2.75, 3.05) is 0 Å². The van der Waals surface area contributed by atoms with E-state index in [-0.39, 0.29) is 18.1 Å². The lowest BCUT2D eigenvalue weighted by Crippen LogP contribution is -2.12. The molecule has 0 spiro atoms. The summed E-state index contributed by atoms with van der Waals surface area (Å²) >= 11 is 0.